The van der Waals surface area contributed by atoms with E-state index in [9.17, 15) is 34.2 Å². The van der Waals surface area contributed by atoms with E-state index in [0.717, 1.165) is 0 Å². The smallest absolute Gasteiger partial charge is 0.875 e. The molecule has 0 aromatic heterocycles. The van der Waals surface area contributed by atoms with Crippen LogP contribution in [0, 0.1) is 5.92 Å². The summed E-state index contributed by atoms with van der Waals surface area (Å²) in [7, 11) is 0. The van der Waals surface area contributed by atoms with Gasteiger partial charge in [0.1, 0.15) is 5.78 Å². The first kappa shape index (κ1) is 25.9. The Morgan fingerprint density at radius 2 is 1.60 bits per heavy atom. The van der Waals surface area contributed by atoms with E-state index in [2.05, 4.69) is 0 Å². The first-order valence-corrected chi connectivity index (χ1v) is 7.24. The summed E-state index contributed by atoms with van der Waals surface area (Å²) in [4.78, 5) is 53.3. The Morgan fingerprint density at radius 3 is 1.92 bits per heavy atom. The third kappa shape index (κ3) is 9.69. The van der Waals surface area contributed by atoms with Crippen LogP contribution < -0.4 is 15.9 Å². The fourth-order valence-electron chi connectivity index (χ4n) is 1.88. The molecule has 0 aromatic carbocycles. The van der Waals surface area contributed by atoms with Crippen molar-refractivity contribution in [3.8, 4) is 0 Å². The fraction of sp³-hybridized carbons (Fsp3) is 0.533. The molecule has 0 atom stereocenters. The number of carboxylic acids is 2. The number of hydrogen-bond acceptors (Lipinski definition) is 8. The van der Waals surface area contributed by atoms with Gasteiger partial charge >= 0.3 is 43.7 Å². The van der Waals surface area contributed by atoms with Crippen LogP contribution in [0.2, 0.25) is 0 Å². The molecular weight excluding hydrogens is 362 g/mol. The van der Waals surface area contributed by atoms with Gasteiger partial charge < -0.3 is 25.8 Å². The normalized spacial score (nSPS) is 16.2. The first-order chi connectivity index (χ1) is 11.1. The van der Waals surface area contributed by atoms with Crippen LogP contribution in [0.4, 0.5) is 0 Å². The number of aliphatic carboxylic acids is 2. The van der Waals surface area contributed by atoms with Crippen molar-refractivity contribution in [1.82, 2.24) is 0 Å². The predicted molar refractivity (Wildman–Crippen MR) is 81.7 cm³/mol. The molecule has 0 aromatic rings. The zero-order chi connectivity index (χ0) is 18.9. The Labute approximate surface area is 174 Å². The minimum Gasteiger partial charge on any atom is -0.875 e. The number of nitrogens with two attached hydrogens (primary N) is 1. The van der Waals surface area contributed by atoms with Gasteiger partial charge in [0.15, 0.2) is 11.6 Å². The molecule has 0 heterocycles. The van der Waals surface area contributed by atoms with Crippen LogP contribution in [0.3, 0.4) is 0 Å². The molecule has 0 aliphatic heterocycles. The van der Waals surface area contributed by atoms with Crippen molar-refractivity contribution in [2.75, 3.05) is 6.54 Å². The van der Waals surface area contributed by atoms with Crippen LogP contribution in [0.1, 0.15) is 39.0 Å². The fourth-order valence-corrected chi connectivity index (χ4v) is 1.88. The van der Waals surface area contributed by atoms with E-state index in [0.29, 0.717) is 0 Å². The van der Waals surface area contributed by atoms with Crippen LogP contribution >= 0.6 is 0 Å². The summed E-state index contributed by atoms with van der Waals surface area (Å²) in [6.07, 6.45) is -0.616. The first-order valence-electron chi connectivity index (χ1n) is 7.24. The number of carbonyl (C=O) groups is 5. The Kier molecular flexibility index (Phi) is 13.5. The minimum absolute atomic E-state index is 0. The van der Waals surface area contributed by atoms with E-state index in [1.807, 2.05) is 0 Å². The second kappa shape index (κ2) is 13.0. The van der Waals surface area contributed by atoms with E-state index >= 15 is 0 Å². The molecule has 1 aliphatic carbocycles. The monoisotopic (exact) mass is 381 g/mol. The van der Waals surface area contributed by atoms with Gasteiger partial charge in [0, 0.05) is 36.7 Å². The third-order valence-corrected chi connectivity index (χ3v) is 3.20. The Morgan fingerprint density at radius 1 is 1.12 bits per heavy atom. The number of carbonyl (C=O) groups excluding carboxylic acids is 4. The summed E-state index contributed by atoms with van der Waals surface area (Å²) in [5.41, 5.74) is 4.56. The number of ketones is 3. The Hall–Kier alpha value is -1.29. The van der Waals surface area contributed by atoms with Gasteiger partial charge in [-0.05, 0) is 6.42 Å². The van der Waals surface area contributed by atoms with Gasteiger partial charge in [-0.15, -0.1) is 5.76 Å². The van der Waals surface area contributed by atoms with Crippen molar-refractivity contribution in [2.45, 2.75) is 39.0 Å². The minimum atomic E-state index is -1.42. The van der Waals surface area contributed by atoms with Crippen molar-refractivity contribution in [1.29, 1.82) is 0 Å². The molecule has 9 nitrogen and oxygen atoms in total. The molecule has 3 N–H and O–H groups in total. The molecule has 1 aliphatic rings. The second-order valence-corrected chi connectivity index (χ2v) is 5.06. The van der Waals surface area contributed by atoms with Crippen molar-refractivity contribution in [2.24, 2.45) is 11.7 Å². The maximum Gasteiger partial charge on any atom is 2.00 e. The Balaban J connectivity index is 0. The number of Topliss-reactive ketones (excluding diaryl/α,β-unsaturated/α-hetero) is 3. The summed E-state index contributed by atoms with van der Waals surface area (Å²) < 4.78 is 0. The average molecular weight is 381 g/mol. The third-order valence-electron chi connectivity index (χ3n) is 3.20. The predicted octanol–water partition coefficient (Wildman–Crippen LogP) is -2.69. The molecule has 0 radical (unpaired) electrons. The molecular formula is C15H19CaNO8. The quantitative estimate of drug-likeness (QED) is 0.214. The van der Waals surface area contributed by atoms with Crippen molar-refractivity contribution < 1.29 is 39.3 Å². The molecule has 10 heteroatoms. The maximum absolute atomic E-state index is 11.4. The zero-order valence-corrected chi connectivity index (χ0v) is 16.1. The van der Waals surface area contributed by atoms with Crippen LogP contribution in [0.25, 0.3) is 0 Å². The van der Waals surface area contributed by atoms with Gasteiger partial charge in [0.05, 0.1) is 13.0 Å². The van der Waals surface area contributed by atoms with Gasteiger partial charge in [-0.2, -0.15) is 0 Å². The molecule has 25 heavy (non-hydrogen) atoms. The molecule has 134 valence electrons. The number of allylic oxidation sites excluding steroid dienone is 2. The van der Waals surface area contributed by atoms with Gasteiger partial charge in [-0.25, -0.2) is 0 Å². The topological polar surface area (TPSA) is 178 Å². The molecule has 1 saturated carbocycles. The van der Waals surface area contributed by atoms with Gasteiger partial charge in [-0.3, -0.25) is 19.2 Å². The van der Waals surface area contributed by atoms with Gasteiger partial charge in [-0.1, -0.05) is 6.92 Å². The maximum atomic E-state index is 11.4. The van der Waals surface area contributed by atoms with Crippen molar-refractivity contribution >= 4 is 67.0 Å². The van der Waals surface area contributed by atoms with E-state index in [1.165, 1.54) is 0 Å². The Bertz CT molecular complexity index is 550. The van der Waals surface area contributed by atoms with Crippen LogP contribution in [-0.2, 0) is 24.0 Å². The number of carboxylic acid groups (broad SMARTS) is 2. The molecule has 0 amide bonds. The van der Waals surface area contributed by atoms with Gasteiger partial charge in [0.25, 0.3) is 0 Å². The number of hydrogen-bond donors (Lipinski definition) is 2. The van der Waals surface area contributed by atoms with Crippen molar-refractivity contribution in [3.05, 3.63) is 11.3 Å². The summed E-state index contributed by atoms with van der Waals surface area (Å²) in [5, 5.41) is 29.8. The summed E-state index contributed by atoms with van der Waals surface area (Å²) in [5.74, 6) is -5.53. The van der Waals surface area contributed by atoms with E-state index < -0.39 is 35.2 Å². The molecule has 0 bridgehead atoms. The van der Waals surface area contributed by atoms with Gasteiger partial charge in [0.2, 0.25) is 0 Å². The van der Waals surface area contributed by atoms with Crippen LogP contribution in [0.5, 0.6) is 0 Å². The van der Waals surface area contributed by atoms with Crippen LogP contribution in [-0.4, -0.2) is 78.7 Å². The average Bonchev–Trinajstić information content (AvgIpc) is 2.51. The molecule has 1 fully saturated rings. The summed E-state index contributed by atoms with van der Waals surface area (Å²) >= 11 is 0. The van der Waals surface area contributed by atoms with Crippen molar-refractivity contribution in [3.63, 3.8) is 0 Å². The molecule has 0 saturated heterocycles. The van der Waals surface area contributed by atoms with E-state index in [4.69, 9.17) is 10.8 Å². The van der Waals surface area contributed by atoms with E-state index in [-0.39, 0.29) is 87.7 Å². The zero-order valence-electron chi connectivity index (χ0n) is 13.9. The van der Waals surface area contributed by atoms with Crippen LogP contribution in [0.15, 0.2) is 11.3 Å². The SMILES string of the molecule is CCC([O-])=C1C(=O)CC(C(=O)[O-])CC1=O.NCC(=O)CCC(=O)O.[Ca+2]. The molecule has 1 rings (SSSR count). The largest absolute Gasteiger partial charge is 2.00 e. The summed E-state index contributed by atoms with van der Waals surface area (Å²) in [6.45, 7) is 1.48. The summed E-state index contributed by atoms with van der Waals surface area (Å²) in [6, 6.07) is 0. The second-order valence-electron chi connectivity index (χ2n) is 5.06. The standard InChI is InChI=1S/C10H12O5.C5H9NO3.Ca/c1-2-6(11)9-7(12)3-5(10(14)15)4-8(9)13;6-3-4(7)1-2-5(8)9;/h5,11H,2-4H2,1H3,(H,14,15);1-3,6H2,(H,8,9);/q;;+2/p-2. The molecule has 0 unspecified atom stereocenters. The molecule has 0 spiro atoms. The van der Waals surface area contributed by atoms with E-state index in [1.54, 1.807) is 6.92 Å². The number of rotatable bonds is 6.